The van der Waals surface area contributed by atoms with Crippen LogP contribution in [-0.2, 0) is 14.2 Å². The summed E-state index contributed by atoms with van der Waals surface area (Å²) in [5.41, 5.74) is 4.09. The highest BCUT2D eigenvalue weighted by molar-refractivity contribution is 5.96. The Morgan fingerprint density at radius 2 is 2.03 bits per heavy atom. The van der Waals surface area contributed by atoms with Crippen molar-refractivity contribution in [1.29, 1.82) is 5.26 Å². The van der Waals surface area contributed by atoms with Crippen LogP contribution < -0.4 is 10.1 Å². The summed E-state index contributed by atoms with van der Waals surface area (Å²) in [5.74, 6) is 0.741. The molecule has 3 aromatic rings. The average molecular weight is 476 g/mol. The minimum absolute atomic E-state index is 0.0701. The van der Waals surface area contributed by atoms with Gasteiger partial charge in [0.05, 0.1) is 29.5 Å². The number of hydrogen-bond donors (Lipinski definition) is 1. The van der Waals surface area contributed by atoms with Gasteiger partial charge in [0, 0.05) is 23.2 Å². The van der Waals surface area contributed by atoms with E-state index in [9.17, 15) is 10.1 Å². The molecule has 2 heterocycles. The van der Waals surface area contributed by atoms with Crippen LogP contribution >= 0.6 is 0 Å². The standard InChI is InChI=1S/C27H29N3O5/c1-17(2)35-27(31)29-19-8-6-18(7-9-19)26-24(13-28)23-11-10-21(33-15-22-14-32-16-34-22)12-25(23)30(26)20-4-3-5-20/h6-12,17,20,22H,3-5,14-16H2,1-2H3,(H,29,31). The van der Waals surface area contributed by atoms with Crippen molar-refractivity contribution in [1.82, 2.24) is 4.57 Å². The maximum absolute atomic E-state index is 11.9. The van der Waals surface area contributed by atoms with E-state index in [2.05, 4.69) is 16.0 Å². The molecule has 0 radical (unpaired) electrons. The molecule has 0 bridgehead atoms. The van der Waals surface area contributed by atoms with Crippen LogP contribution in [0.15, 0.2) is 42.5 Å². The van der Waals surface area contributed by atoms with Crippen molar-refractivity contribution in [2.75, 3.05) is 25.3 Å². The van der Waals surface area contributed by atoms with Crippen molar-refractivity contribution in [2.45, 2.75) is 51.4 Å². The Balaban J connectivity index is 1.49. The molecule has 8 nitrogen and oxygen atoms in total. The van der Waals surface area contributed by atoms with Gasteiger partial charge >= 0.3 is 6.09 Å². The molecule has 1 saturated heterocycles. The van der Waals surface area contributed by atoms with E-state index in [1.165, 1.54) is 6.42 Å². The van der Waals surface area contributed by atoms with Crippen molar-refractivity contribution >= 4 is 22.7 Å². The van der Waals surface area contributed by atoms with E-state index in [1.54, 1.807) is 13.8 Å². The fraction of sp³-hybridized carbons (Fsp3) is 0.407. The minimum Gasteiger partial charge on any atom is -0.491 e. The van der Waals surface area contributed by atoms with E-state index in [1.807, 2.05) is 42.5 Å². The largest absolute Gasteiger partial charge is 0.491 e. The second kappa shape index (κ2) is 9.98. The third kappa shape index (κ3) is 4.83. The summed E-state index contributed by atoms with van der Waals surface area (Å²) in [6, 6.07) is 16.2. The summed E-state index contributed by atoms with van der Waals surface area (Å²) >= 11 is 0. The number of rotatable bonds is 7. The van der Waals surface area contributed by atoms with Crippen molar-refractivity contribution in [2.24, 2.45) is 0 Å². The van der Waals surface area contributed by atoms with Gasteiger partial charge in [0.2, 0.25) is 0 Å². The molecule has 2 fully saturated rings. The summed E-state index contributed by atoms with van der Waals surface area (Å²) in [5, 5.41) is 13.8. The monoisotopic (exact) mass is 475 g/mol. The lowest BCUT2D eigenvalue weighted by Crippen LogP contribution is -2.20. The Morgan fingerprint density at radius 3 is 2.66 bits per heavy atom. The van der Waals surface area contributed by atoms with Crippen molar-refractivity contribution in [3.8, 4) is 23.1 Å². The molecular weight excluding hydrogens is 446 g/mol. The van der Waals surface area contributed by atoms with Crippen LogP contribution in [0.3, 0.4) is 0 Å². The van der Waals surface area contributed by atoms with E-state index in [0.29, 0.717) is 37.3 Å². The summed E-state index contributed by atoms with van der Waals surface area (Å²) < 4.78 is 24.2. The van der Waals surface area contributed by atoms with Gasteiger partial charge < -0.3 is 23.5 Å². The molecule has 1 unspecified atom stereocenters. The zero-order valence-electron chi connectivity index (χ0n) is 20.0. The molecule has 1 atom stereocenters. The Kier molecular flexibility index (Phi) is 6.62. The second-order valence-corrected chi connectivity index (χ2v) is 9.21. The first-order chi connectivity index (χ1) is 17.0. The van der Waals surface area contributed by atoms with Gasteiger partial charge in [-0.2, -0.15) is 5.26 Å². The van der Waals surface area contributed by atoms with Crippen LogP contribution in [0.25, 0.3) is 22.2 Å². The zero-order chi connectivity index (χ0) is 24.4. The van der Waals surface area contributed by atoms with Crippen LogP contribution in [0.4, 0.5) is 10.5 Å². The molecule has 182 valence electrons. The van der Waals surface area contributed by atoms with Gasteiger partial charge in [-0.15, -0.1) is 0 Å². The van der Waals surface area contributed by atoms with Crippen molar-refractivity contribution < 1.29 is 23.7 Å². The molecule has 8 heteroatoms. The third-order valence-electron chi connectivity index (χ3n) is 6.40. The van der Waals surface area contributed by atoms with Gasteiger partial charge in [-0.3, -0.25) is 5.32 Å². The Labute approximate surface area is 204 Å². The number of aromatic nitrogens is 1. The highest BCUT2D eigenvalue weighted by Gasteiger charge is 2.28. The summed E-state index contributed by atoms with van der Waals surface area (Å²) in [6.07, 6.45) is 2.55. The smallest absolute Gasteiger partial charge is 0.411 e. The summed E-state index contributed by atoms with van der Waals surface area (Å²) in [6.45, 7) is 4.86. The molecule has 1 aliphatic heterocycles. The molecule has 1 N–H and O–H groups in total. The van der Waals surface area contributed by atoms with Gasteiger partial charge in [-0.05, 0) is 62.9 Å². The topological polar surface area (TPSA) is 94.7 Å². The number of hydrogen-bond acceptors (Lipinski definition) is 6. The quantitative estimate of drug-likeness (QED) is 0.477. The molecule has 1 saturated carbocycles. The molecule has 1 amide bonds. The molecule has 1 aliphatic carbocycles. The number of benzene rings is 2. The molecule has 5 rings (SSSR count). The highest BCUT2D eigenvalue weighted by atomic mass is 16.7. The van der Waals surface area contributed by atoms with E-state index in [-0.39, 0.29) is 12.2 Å². The number of anilines is 1. The molecular formula is C27H29N3O5. The van der Waals surface area contributed by atoms with Crippen LogP contribution in [0, 0.1) is 11.3 Å². The first kappa shape index (κ1) is 23.2. The van der Waals surface area contributed by atoms with Crippen LogP contribution in [-0.4, -0.2) is 42.9 Å². The highest BCUT2D eigenvalue weighted by Crippen LogP contribution is 2.43. The number of nitrogens with one attached hydrogen (secondary N) is 1. The van der Waals surface area contributed by atoms with Crippen molar-refractivity contribution in [3.63, 3.8) is 0 Å². The van der Waals surface area contributed by atoms with Gasteiger partial charge in [0.25, 0.3) is 0 Å². The molecule has 2 aromatic carbocycles. The normalized spacial score (nSPS) is 17.8. The number of nitrogens with zero attached hydrogens (tertiary/aromatic N) is 2. The lowest BCUT2D eigenvalue weighted by atomic mass is 9.92. The molecule has 0 spiro atoms. The zero-order valence-corrected chi connectivity index (χ0v) is 20.0. The number of ether oxygens (including phenoxy) is 4. The minimum atomic E-state index is -0.490. The van der Waals surface area contributed by atoms with E-state index in [4.69, 9.17) is 18.9 Å². The third-order valence-corrected chi connectivity index (χ3v) is 6.40. The average Bonchev–Trinajstić information content (AvgIpc) is 3.43. The molecule has 1 aromatic heterocycles. The molecule has 35 heavy (non-hydrogen) atoms. The summed E-state index contributed by atoms with van der Waals surface area (Å²) in [4.78, 5) is 11.9. The van der Waals surface area contributed by atoms with Gasteiger partial charge in [0.1, 0.15) is 31.3 Å². The van der Waals surface area contributed by atoms with E-state index >= 15 is 0 Å². The number of fused-ring (bicyclic) bond motifs is 1. The number of amides is 1. The SMILES string of the molecule is CC(C)OC(=O)Nc1ccc(-c2c(C#N)c3ccc(OCC4COCO4)cc3n2C2CCC2)cc1. The predicted molar refractivity (Wildman–Crippen MR) is 131 cm³/mol. The number of carbonyl (C=O) groups excluding carboxylic acids is 1. The Morgan fingerprint density at radius 1 is 1.23 bits per heavy atom. The maximum atomic E-state index is 11.9. The van der Waals surface area contributed by atoms with Crippen LogP contribution in [0.5, 0.6) is 5.75 Å². The first-order valence-corrected chi connectivity index (χ1v) is 12.0. The van der Waals surface area contributed by atoms with Gasteiger partial charge in [-0.1, -0.05) is 12.1 Å². The maximum Gasteiger partial charge on any atom is 0.411 e. The van der Waals surface area contributed by atoms with Crippen molar-refractivity contribution in [3.05, 3.63) is 48.0 Å². The van der Waals surface area contributed by atoms with E-state index < -0.39 is 6.09 Å². The fourth-order valence-corrected chi connectivity index (χ4v) is 4.53. The second-order valence-electron chi connectivity index (χ2n) is 9.21. The lowest BCUT2D eigenvalue weighted by Gasteiger charge is -2.30. The summed E-state index contributed by atoms with van der Waals surface area (Å²) in [7, 11) is 0. The molecule has 2 aliphatic rings. The lowest BCUT2D eigenvalue weighted by molar-refractivity contribution is 0.0320. The Hall–Kier alpha value is -3.54. The fourth-order valence-electron chi connectivity index (χ4n) is 4.53. The first-order valence-electron chi connectivity index (χ1n) is 12.0. The van der Waals surface area contributed by atoms with Crippen LogP contribution in [0.2, 0.25) is 0 Å². The number of carbonyl (C=O) groups is 1. The van der Waals surface area contributed by atoms with Gasteiger partial charge in [0.15, 0.2) is 0 Å². The van der Waals surface area contributed by atoms with Gasteiger partial charge in [-0.25, -0.2) is 4.79 Å². The Bertz CT molecular complexity index is 1250. The van der Waals surface area contributed by atoms with Crippen LogP contribution in [0.1, 0.15) is 44.7 Å². The van der Waals surface area contributed by atoms with E-state index in [0.717, 1.165) is 40.8 Å². The number of nitriles is 1. The predicted octanol–water partition coefficient (Wildman–Crippen LogP) is 5.61.